The molecule has 0 aromatic heterocycles. The van der Waals surface area contributed by atoms with Crippen molar-refractivity contribution in [3.8, 4) is 5.75 Å². The molecule has 0 aliphatic heterocycles. The van der Waals surface area contributed by atoms with Gasteiger partial charge in [0.15, 0.2) is 0 Å². The van der Waals surface area contributed by atoms with Gasteiger partial charge in [-0.3, -0.25) is 4.79 Å². The number of ether oxygens (including phenoxy) is 1. The van der Waals surface area contributed by atoms with Gasteiger partial charge in [-0.25, -0.2) is 0 Å². The van der Waals surface area contributed by atoms with E-state index < -0.39 is 0 Å². The zero-order valence-corrected chi connectivity index (χ0v) is 15.9. The van der Waals surface area contributed by atoms with Gasteiger partial charge in [0.1, 0.15) is 5.75 Å². The zero-order valence-electron chi connectivity index (χ0n) is 13.5. The van der Waals surface area contributed by atoms with E-state index in [9.17, 15) is 4.79 Å². The Labute approximate surface area is 157 Å². The summed E-state index contributed by atoms with van der Waals surface area (Å²) in [5, 5.41) is 3.09. The van der Waals surface area contributed by atoms with Gasteiger partial charge in [0, 0.05) is 6.42 Å². The number of benzene rings is 2. The van der Waals surface area contributed by atoms with E-state index in [0.29, 0.717) is 19.4 Å². The summed E-state index contributed by atoms with van der Waals surface area (Å²) >= 11 is 3.50. The Morgan fingerprint density at radius 2 is 1.92 bits per heavy atom. The van der Waals surface area contributed by atoms with Crippen molar-refractivity contribution in [2.24, 2.45) is 5.73 Å². The summed E-state index contributed by atoms with van der Waals surface area (Å²) in [7, 11) is 1.63. The molecule has 0 aliphatic carbocycles. The quantitative estimate of drug-likeness (QED) is 0.725. The second-order valence-electron chi connectivity index (χ2n) is 5.20. The first-order valence-electron chi connectivity index (χ1n) is 7.53. The predicted molar refractivity (Wildman–Crippen MR) is 103 cm³/mol. The summed E-state index contributed by atoms with van der Waals surface area (Å²) in [6.45, 7) is 0.511. The normalized spacial score (nSPS) is 11.3. The van der Waals surface area contributed by atoms with Crippen molar-refractivity contribution < 1.29 is 9.53 Å². The van der Waals surface area contributed by atoms with E-state index in [1.165, 1.54) is 0 Å². The molecule has 1 atom stereocenters. The minimum atomic E-state index is -0.205. The molecule has 0 saturated carbocycles. The number of carbonyl (C=O) groups is 1. The molecule has 6 heteroatoms. The van der Waals surface area contributed by atoms with Crippen LogP contribution in [0.1, 0.15) is 30.0 Å². The maximum atomic E-state index is 12.2. The molecule has 1 unspecified atom stereocenters. The Kier molecular flexibility index (Phi) is 8.82. The molecule has 4 nitrogen and oxygen atoms in total. The molecular formula is C18H22BrClN2O2. The fraction of sp³-hybridized carbons (Fsp3) is 0.278. The van der Waals surface area contributed by atoms with Crippen LogP contribution in [0.15, 0.2) is 53.0 Å². The van der Waals surface area contributed by atoms with Crippen LogP contribution in [0.3, 0.4) is 0 Å². The molecule has 2 rings (SSSR count). The second-order valence-corrected chi connectivity index (χ2v) is 6.05. The molecule has 2 aromatic carbocycles. The number of nitrogens with two attached hydrogens (primary N) is 1. The molecule has 0 spiro atoms. The summed E-state index contributed by atoms with van der Waals surface area (Å²) in [6, 6.07) is 15.5. The zero-order chi connectivity index (χ0) is 16.7. The van der Waals surface area contributed by atoms with E-state index in [-0.39, 0.29) is 24.4 Å². The lowest BCUT2D eigenvalue weighted by molar-refractivity contribution is -0.121. The molecular weight excluding hydrogens is 392 g/mol. The maximum absolute atomic E-state index is 12.2. The van der Waals surface area contributed by atoms with Gasteiger partial charge in [0.2, 0.25) is 5.91 Å². The number of amides is 1. The second kappa shape index (κ2) is 10.3. The Morgan fingerprint density at radius 1 is 1.21 bits per heavy atom. The summed E-state index contributed by atoms with van der Waals surface area (Å²) in [4.78, 5) is 12.2. The fourth-order valence-corrected chi connectivity index (χ4v) is 2.92. The van der Waals surface area contributed by atoms with E-state index in [2.05, 4.69) is 21.2 Å². The number of halogens is 2. The summed E-state index contributed by atoms with van der Waals surface area (Å²) in [5.74, 6) is 0.756. The molecule has 0 radical (unpaired) electrons. The monoisotopic (exact) mass is 412 g/mol. The largest absolute Gasteiger partial charge is 0.496 e. The summed E-state index contributed by atoms with van der Waals surface area (Å²) in [5.41, 5.74) is 7.51. The SMILES string of the molecule is COc1ccc(C(NC(=O)CCCN)c2ccccc2)cc1Br.Cl. The minimum absolute atomic E-state index is 0. The van der Waals surface area contributed by atoms with Crippen molar-refractivity contribution in [2.75, 3.05) is 13.7 Å². The van der Waals surface area contributed by atoms with Crippen molar-refractivity contribution in [1.29, 1.82) is 0 Å². The highest BCUT2D eigenvalue weighted by molar-refractivity contribution is 9.10. The van der Waals surface area contributed by atoms with Crippen LogP contribution in [0.4, 0.5) is 0 Å². The molecule has 0 saturated heterocycles. The van der Waals surface area contributed by atoms with Crippen LogP contribution in [0.2, 0.25) is 0 Å². The van der Waals surface area contributed by atoms with Gasteiger partial charge in [-0.05, 0) is 52.2 Å². The average molecular weight is 414 g/mol. The van der Waals surface area contributed by atoms with Crippen molar-refractivity contribution in [3.05, 3.63) is 64.1 Å². The third kappa shape index (κ3) is 5.51. The lowest BCUT2D eigenvalue weighted by atomic mass is 9.98. The molecule has 0 aliphatic rings. The molecule has 0 bridgehead atoms. The van der Waals surface area contributed by atoms with E-state index in [1.807, 2.05) is 48.5 Å². The van der Waals surface area contributed by atoms with Crippen LogP contribution in [0.25, 0.3) is 0 Å². The number of nitrogens with one attached hydrogen (secondary N) is 1. The van der Waals surface area contributed by atoms with Crippen molar-refractivity contribution >= 4 is 34.2 Å². The maximum Gasteiger partial charge on any atom is 0.220 e. The molecule has 130 valence electrons. The number of carbonyl (C=O) groups excluding carboxylic acids is 1. The molecule has 0 fully saturated rings. The minimum Gasteiger partial charge on any atom is -0.496 e. The highest BCUT2D eigenvalue weighted by atomic mass is 79.9. The Bertz CT molecular complexity index is 653. The Hall–Kier alpha value is -1.56. The van der Waals surface area contributed by atoms with Gasteiger partial charge < -0.3 is 15.8 Å². The van der Waals surface area contributed by atoms with E-state index >= 15 is 0 Å². The molecule has 3 N–H and O–H groups in total. The van der Waals surface area contributed by atoms with Gasteiger partial charge in [-0.1, -0.05) is 36.4 Å². The number of hydrogen-bond acceptors (Lipinski definition) is 3. The van der Waals surface area contributed by atoms with Crippen molar-refractivity contribution in [2.45, 2.75) is 18.9 Å². The average Bonchev–Trinajstić information content (AvgIpc) is 2.58. The molecule has 2 aromatic rings. The van der Waals surface area contributed by atoms with Gasteiger partial charge in [-0.15, -0.1) is 12.4 Å². The van der Waals surface area contributed by atoms with Gasteiger partial charge in [0.05, 0.1) is 17.6 Å². The van der Waals surface area contributed by atoms with Crippen LogP contribution in [-0.4, -0.2) is 19.6 Å². The number of rotatable bonds is 7. The lowest BCUT2D eigenvalue weighted by Crippen LogP contribution is -2.29. The molecule has 1 amide bonds. The van der Waals surface area contributed by atoms with Crippen LogP contribution in [-0.2, 0) is 4.79 Å². The standard InChI is InChI=1S/C18H21BrN2O2.ClH/c1-23-16-10-9-14(12-15(16)19)18(13-6-3-2-4-7-13)21-17(22)8-5-11-20;/h2-4,6-7,9-10,12,18H,5,8,11,20H2,1H3,(H,21,22);1H. The van der Waals surface area contributed by atoms with Crippen molar-refractivity contribution in [1.82, 2.24) is 5.32 Å². The number of methoxy groups -OCH3 is 1. The summed E-state index contributed by atoms with van der Waals surface area (Å²) in [6.07, 6.45) is 1.11. The van der Waals surface area contributed by atoms with E-state index in [4.69, 9.17) is 10.5 Å². The molecule has 0 heterocycles. The highest BCUT2D eigenvalue weighted by Gasteiger charge is 2.17. The van der Waals surface area contributed by atoms with E-state index in [0.717, 1.165) is 21.3 Å². The topological polar surface area (TPSA) is 64.3 Å². The lowest BCUT2D eigenvalue weighted by Gasteiger charge is -2.20. The van der Waals surface area contributed by atoms with Gasteiger partial charge >= 0.3 is 0 Å². The predicted octanol–water partition coefficient (Wildman–Crippen LogP) is 3.82. The molecule has 24 heavy (non-hydrogen) atoms. The van der Waals surface area contributed by atoms with Crippen molar-refractivity contribution in [3.63, 3.8) is 0 Å². The van der Waals surface area contributed by atoms with Crippen LogP contribution < -0.4 is 15.8 Å². The third-order valence-electron chi connectivity index (χ3n) is 3.56. The fourth-order valence-electron chi connectivity index (χ4n) is 2.36. The first-order valence-corrected chi connectivity index (χ1v) is 8.33. The van der Waals surface area contributed by atoms with Crippen LogP contribution in [0, 0.1) is 0 Å². The van der Waals surface area contributed by atoms with Crippen LogP contribution in [0.5, 0.6) is 5.75 Å². The van der Waals surface area contributed by atoms with Crippen LogP contribution >= 0.6 is 28.3 Å². The number of hydrogen-bond donors (Lipinski definition) is 2. The first kappa shape index (κ1) is 20.5. The Balaban J connectivity index is 0.00000288. The first-order chi connectivity index (χ1) is 11.2. The Morgan fingerprint density at radius 3 is 2.50 bits per heavy atom. The van der Waals surface area contributed by atoms with Gasteiger partial charge in [-0.2, -0.15) is 0 Å². The summed E-state index contributed by atoms with van der Waals surface area (Å²) < 4.78 is 6.13. The smallest absolute Gasteiger partial charge is 0.220 e. The third-order valence-corrected chi connectivity index (χ3v) is 4.18. The van der Waals surface area contributed by atoms with Gasteiger partial charge in [0.25, 0.3) is 0 Å². The highest BCUT2D eigenvalue weighted by Crippen LogP contribution is 2.30. The van der Waals surface area contributed by atoms with E-state index in [1.54, 1.807) is 7.11 Å².